The number of carbonyl (C=O) groups is 1. The van der Waals surface area contributed by atoms with Crippen LogP contribution in [0.25, 0.3) is 0 Å². The van der Waals surface area contributed by atoms with Crippen molar-refractivity contribution in [1.82, 2.24) is 20.2 Å². The fourth-order valence-electron chi connectivity index (χ4n) is 2.89. The number of imidazole rings is 1. The Balaban J connectivity index is 1.91. The van der Waals surface area contributed by atoms with Crippen LogP contribution >= 0.6 is 0 Å². The number of aryl methyl sites for hydroxylation is 1. The van der Waals surface area contributed by atoms with Gasteiger partial charge in [0.05, 0.1) is 11.7 Å². The van der Waals surface area contributed by atoms with E-state index in [4.69, 9.17) is 0 Å². The quantitative estimate of drug-likeness (QED) is 0.734. The monoisotopic (exact) mass is 234 g/mol. The molecule has 92 valence electrons. The minimum absolute atomic E-state index is 0.176. The zero-order valence-electron chi connectivity index (χ0n) is 10.1. The second kappa shape index (κ2) is 4.14. The number of amides is 1. The average molecular weight is 234 g/mol. The van der Waals surface area contributed by atoms with Crippen LogP contribution in [0.3, 0.4) is 0 Å². The fourth-order valence-corrected chi connectivity index (χ4v) is 2.89. The standard InChI is InChI=1S/C12H18N4O/c1-8-15-10-7-13-5-4-11(10)16(8)9-2-3-12(17)14-6-9/h9,13H,2-7H2,1H3,(H,14,17). The Kier molecular flexibility index (Phi) is 2.63. The van der Waals surface area contributed by atoms with Gasteiger partial charge in [-0.15, -0.1) is 0 Å². The summed E-state index contributed by atoms with van der Waals surface area (Å²) < 4.78 is 2.34. The smallest absolute Gasteiger partial charge is 0.220 e. The van der Waals surface area contributed by atoms with Gasteiger partial charge in [-0.05, 0) is 13.3 Å². The second-order valence-electron chi connectivity index (χ2n) is 4.85. The summed E-state index contributed by atoms with van der Waals surface area (Å²) in [5.74, 6) is 1.26. The lowest BCUT2D eigenvalue weighted by atomic mass is 10.1. The third-order valence-electron chi connectivity index (χ3n) is 3.70. The molecule has 0 aromatic carbocycles. The van der Waals surface area contributed by atoms with E-state index in [2.05, 4.69) is 27.1 Å². The molecular formula is C12H18N4O. The zero-order valence-corrected chi connectivity index (χ0v) is 10.1. The van der Waals surface area contributed by atoms with Gasteiger partial charge in [0.2, 0.25) is 5.91 Å². The Morgan fingerprint density at radius 2 is 2.29 bits per heavy atom. The van der Waals surface area contributed by atoms with Crippen molar-refractivity contribution in [2.24, 2.45) is 0 Å². The van der Waals surface area contributed by atoms with Crippen LogP contribution in [0.15, 0.2) is 0 Å². The van der Waals surface area contributed by atoms with Crippen molar-refractivity contribution in [2.75, 3.05) is 13.1 Å². The van der Waals surface area contributed by atoms with Crippen LogP contribution in [0.5, 0.6) is 0 Å². The maximum atomic E-state index is 11.2. The maximum absolute atomic E-state index is 11.2. The van der Waals surface area contributed by atoms with E-state index in [9.17, 15) is 4.79 Å². The summed E-state index contributed by atoms with van der Waals surface area (Å²) in [5.41, 5.74) is 2.55. The van der Waals surface area contributed by atoms with Crippen molar-refractivity contribution >= 4 is 5.91 Å². The van der Waals surface area contributed by atoms with Crippen LogP contribution in [-0.4, -0.2) is 28.5 Å². The summed E-state index contributed by atoms with van der Waals surface area (Å²) >= 11 is 0. The highest BCUT2D eigenvalue weighted by atomic mass is 16.1. The van der Waals surface area contributed by atoms with E-state index in [1.165, 1.54) is 11.4 Å². The van der Waals surface area contributed by atoms with E-state index < -0.39 is 0 Å². The normalized spacial score (nSPS) is 24.3. The summed E-state index contributed by atoms with van der Waals surface area (Å²) in [7, 11) is 0. The van der Waals surface area contributed by atoms with Gasteiger partial charge in [-0.1, -0.05) is 0 Å². The van der Waals surface area contributed by atoms with E-state index in [-0.39, 0.29) is 5.91 Å². The molecule has 1 aromatic rings. The highest BCUT2D eigenvalue weighted by molar-refractivity contribution is 5.76. The maximum Gasteiger partial charge on any atom is 0.220 e. The summed E-state index contributed by atoms with van der Waals surface area (Å²) in [4.78, 5) is 15.8. The molecule has 1 aromatic heterocycles. The Morgan fingerprint density at radius 3 is 3.06 bits per heavy atom. The van der Waals surface area contributed by atoms with Gasteiger partial charge in [0.15, 0.2) is 0 Å². The molecule has 1 atom stereocenters. The van der Waals surface area contributed by atoms with Crippen molar-refractivity contribution < 1.29 is 4.79 Å². The number of nitrogens with one attached hydrogen (secondary N) is 2. The third-order valence-corrected chi connectivity index (χ3v) is 3.70. The first kappa shape index (κ1) is 10.8. The minimum atomic E-state index is 0.176. The van der Waals surface area contributed by atoms with Gasteiger partial charge < -0.3 is 15.2 Å². The fraction of sp³-hybridized carbons (Fsp3) is 0.667. The molecule has 0 saturated carbocycles. The molecule has 17 heavy (non-hydrogen) atoms. The molecule has 5 nitrogen and oxygen atoms in total. The lowest BCUT2D eigenvalue weighted by Gasteiger charge is -2.27. The first-order valence-electron chi connectivity index (χ1n) is 6.29. The number of piperidine rings is 1. The van der Waals surface area contributed by atoms with Crippen LogP contribution in [0, 0.1) is 6.92 Å². The molecule has 2 aliphatic heterocycles. The molecule has 0 bridgehead atoms. The van der Waals surface area contributed by atoms with Crippen molar-refractivity contribution in [3.05, 3.63) is 17.2 Å². The molecular weight excluding hydrogens is 216 g/mol. The number of carbonyl (C=O) groups excluding carboxylic acids is 1. The number of hydrogen-bond donors (Lipinski definition) is 2. The highest BCUT2D eigenvalue weighted by Gasteiger charge is 2.26. The Hall–Kier alpha value is -1.36. The Bertz CT molecular complexity index is 442. The van der Waals surface area contributed by atoms with Crippen molar-refractivity contribution in [3.63, 3.8) is 0 Å². The molecule has 1 unspecified atom stereocenters. The molecule has 1 saturated heterocycles. The van der Waals surface area contributed by atoms with Crippen molar-refractivity contribution in [2.45, 2.75) is 38.8 Å². The molecule has 2 aliphatic rings. The van der Waals surface area contributed by atoms with Gasteiger partial charge in [0.25, 0.3) is 0 Å². The van der Waals surface area contributed by atoms with E-state index in [0.29, 0.717) is 12.5 Å². The summed E-state index contributed by atoms with van der Waals surface area (Å²) in [5, 5.41) is 6.30. The molecule has 3 heterocycles. The number of fused-ring (bicyclic) bond motifs is 1. The third kappa shape index (κ3) is 1.84. The summed E-state index contributed by atoms with van der Waals surface area (Å²) in [6.45, 7) is 4.71. The Labute approximate surface area is 101 Å². The van der Waals surface area contributed by atoms with Gasteiger partial charge in [0.1, 0.15) is 5.82 Å². The van der Waals surface area contributed by atoms with E-state index in [1.807, 2.05) is 0 Å². The summed E-state index contributed by atoms with van der Waals surface area (Å²) in [6, 6.07) is 0.391. The van der Waals surface area contributed by atoms with Crippen LogP contribution in [0.1, 0.15) is 36.1 Å². The highest BCUT2D eigenvalue weighted by Crippen LogP contribution is 2.25. The molecule has 0 spiro atoms. The van der Waals surface area contributed by atoms with Gasteiger partial charge in [-0.25, -0.2) is 4.98 Å². The van der Waals surface area contributed by atoms with E-state index in [0.717, 1.165) is 38.3 Å². The molecule has 1 amide bonds. The van der Waals surface area contributed by atoms with E-state index >= 15 is 0 Å². The molecule has 5 heteroatoms. The van der Waals surface area contributed by atoms with Gasteiger partial charge >= 0.3 is 0 Å². The van der Waals surface area contributed by atoms with Crippen LogP contribution < -0.4 is 10.6 Å². The number of rotatable bonds is 1. The van der Waals surface area contributed by atoms with Crippen LogP contribution in [0.4, 0.5) is 0 Å². The lowest BCUT2D eigenvalue weighted by molar-refractivity contribution is -0.122. The summed E-state index contributed by atoms with van der Waals surface area (Å²) in [6.07, 6.45) is 2.61. The average Bonchev–Trinajstić information content (AvgIpc) is 2.66. The van der Waals surface area contributed by atoms with E-state index in [1.54, 1.807) is 0 Å². The van der Waals surface area contributed by atoms with Crippen LogP contribution in [0.2, 0.25) is 0 Å². The predicted octanol–water partition coefficient (Wildman–Crippen LogP) is 0.288. The number of aromatic nitrogens is 2. The molecule has 0 aliphatic carbocycles. The van der Waals surface area contributed by atoms with Gasteiger partial charge in [-0.3, -0.25) is 4.79 Å². The number of nitrogens with zero attached hydrogens (tertiary/aromatic N) is 2. The topological polar surface area (TPSA) is 59.0 Å². The molecule has 2 N–H and O–H groups in total. The molecule has 0 radical (unpaired) electrons. The molecule has 3 rings (SSSR count). The predicted molar refractivity (Wildman–Crippen MR) is 63.7 cm³/mol. The minimum Gasteiger partial charge on any atom is -0.354 e. The molecule has 1 fully saturated rings. The first-order valence-corrected chi connectivity index (χ1v) is 6.29. The lowest BCUT2D eigenvalue weighted by Crippen LogP contribution is -2.37. The largest absolute Gasteiger partial charge is 0.354 e. The zero-order chi connectivity index (χ0) is 11.8. The number of hydrogen-bond acceptors (Lipinski definition) is 3. The second-order valence-corrected chi connectivity index (χ2v) is 4.85. The van der Waals surface area contributed by atoms with Gasteiger partial charge in [-0.2, -0.15) is 0 Å². The van der Waals surface area contributed by atoms with Crippen molar-refractivity contribution in [3.8, 4) is 0 Å². The first-order chi connectivity index (χ1) is 8.25. The van der Waals surface area contributed by atoms with Crippen LogP contribution in [-0.2, 0) is 17.8 Å². The van der Waals surface area contributed by atoms with Gasteiger partial charge in [0, 0.05) is 38.2 Å². The Morgan fingerprint density at radius 1 is 1.41 bits per heavy atom. The SMILES string of the molecule is Cc1nc2c(n1C1CCC(=O)NC1)CCNC2. The van der Waals surface area contributed by atoms with Crippen molar-refractivity contribution in [1.29, 1.82) is 0 Å².